The highest BCUT2D eigenvalue weighted by Gasteiger charge is 2.21. The van der Waals surface area contributed by atoms with Crippen molar-refractivity contribution < 1.29 is 24.2 Å². The molecule has 162 valence electrons. The summed E-state index contributed by atoms with van der Waals surface area (Å²) in [5, 5.41) is 12.9. The third kappa shape index (κ3) is 6.90. The molecule has 30 heavy (non-hydrogen) atoms. The van der Waals surface area contributed by atoms with Crippen LogP contribution in [-0.4, -0.2) is 35.8 Å². The highest BCUT2D eigenvalue weighted by molar-refractivity contribution is 6.36. The average molecular weight is 454 g/mol. The van der Waals surface area contributed by atoms with Crippen LogP contribution in [0.15, 0.2) is 36.4 Å². The molecule has 0 radical (unpaired) electrons. The smallest absolute Gasteiger partial charge is 0.333 e. The standard InChI is InChI=1S/C22H25Cl2NO5/c1-4-29-19-8-5-14(10-20(22(27)28)30-13(2)3)9-15(19)12-25-21(26)17-7-6-16(23)11-18(17)24/h5-9,11,13,20H,4,10,12H2,1-3H3,(H,25,26)(H,27,28). The summed E-state index contributed by atoms with van der Waals surface area (Å²) in [6, 6.07) is 10.0. The molecule has 2 aromatic carbocycles. The molecule has 0 aliphatic heterocycles. The van der Waals surface area contributed by atoms with E-state index >= 15 is 0 Å². The number of hydrogen-bond acceptors (Lipinski definition) is 4. The number of carbonyl (C=O) groups excluding carboxylic acids is 1. The fourth-order valence-corrected chi connectivity index (χ4v) is 3.37. The number of carboxylic acid groups (broad SMARTS) is 1. The van der Waals surface area contributed by atoms with Crippen molar-refractivity contribution in [1.82, 2.24) is 5.32 Å². The minimum atomic E-state index is -1.02. The summed E-state index contributed by atoms with van der Waals surface area (Å²) in [4.78, 5) is 24.0. The van der Waals surface area contributed by atoms with Gasteiger partial charge in [0.05, 0.1) is 23.3 Å². The number of aliphatic carboxylic acids is 1. The van der Waals surface area contributed by atoms with Crippen LogP contribution in [0.5, 0.6) is 5.75 Å². The summed E-state index contributed by atoms with van der Waals surface area (Å²) < 4.78 is 11.1. The molecule has 0 saturated heterocycles. The van der Waals surface area contributed by atoms with E-state index in [9.17, 15) is 14.7 Å². The molecule has 6 nitrogen and oxygen atoms in total. The number of benzene rings is 2. The molecule has 2 aromatic rings. The monoisotopic (exact) mass is 453 g/mol. The van der Waals surface area contributed by atoms with E-state index in [4.69, 9.17) is 32.7 Å². The van der Waals surface area contributed by atoms with Gasteiger partial charge in [0.2, 0.25) is 0 Å². The SMILES string of the molecule is CCOc1ccc(CC(OC(C)C)C(=O)O)cc1CNC(=O)c1ccc(Cl)cc1Cl. The Balaban J connectivity index is 2.19. The van der Waals surface area contributed by atoms with Gasteiger partial charge in [0.15, 0.2) is 6.10 Å². The third-order valence-electron chi connectivity index (χ3n) is 4.17. The summed E-state index contributed by atoms with van der Waals surface area (Å²) >= 11 is 12.0. The highest BCUT2D eigenvalue weighted by atomic mass is 35.5. The molecule has 1 unspecified atom stereocenters. The maximum absolute atomic E-state index is 12.5. The van der Waals surface area contributed by atoms with Crippen LogP contribution in [0.3, 0.4) is 0 Å². The molecular formula is C22H25Cl2NO5. The van der Waals surface area contributed by atoms with Crippen molar-refractivity contribution >= 4 is 35.1 Å². The number of nitrogens with one attached hydrogen (secondary N) is 1. The molecule has 0 aromatic heterocycles. The Morgan fingerprint density at radius 2 is 1.87 bits per heavy atom. The van der Waals surface area contributed by atoms with Crippen molar-refractivity contribution in [3.05, 3.63) is 63.1 Å². The molecule has 8 heteroatoms. The summed E-state index contributed by atoms with van der Waals surface area (Å²) in [6.45, 7) is 6.08. The number of halogens is 2. The third-order valence-corrected chi connectivity index (χ3v) is 4.72. The van der Waals surface area contributed by atoms with E-state index in [0.717, 1.165) is 11.1 Å². The van der Waals surface area contributed by atoms with Gasteiger partial charge in [-0.25, -0.2) is 4.79 Å². The van der Waals surface area contributed by atoms with E-state index in [1.807, 2.05) is 13.0 Å². The second-order valence-electron chi connectivity index (χ2n) is 6.90. The Morgan fingerprint density at radius 1 is 1.13 bits per heavy atom. The van der Waals surface area contributed by atoms with Gasteiger partial charge in [0.1, 0.15) is 5.75 Å². The van der Waals surface area contributed by atoms with Crippen LogP contribution in [0, 0.1) is 0 Å². The van der Waals surface area contributed by atoms with E-state index in [1.54, 1.807) is 38.1 Å². The van der Waals surface area contributed by atoms with Gasteiger partial charge in [-0.15, -0.1) is 0 Å². The maximum atomic E-state index is 12.5. The van der Waals surface area contributed by atoms with Crippen LogP contribution in [0.25, 0.3) is 0 Å². The van der Waals surface area contributed by atoms with Gasteiger partial charge in [-0.05, 0) is 50.6 Å². The topological polar surface area (TPSA) is 84.9 Å². The van der Waals surface area contributed by atoms with Gasteiger partial charge >= 0.3 is 5.97 Å². The molecule has 1 atom stereocenters. The van der Waals surface area contributed by atoms with Crippen LogP contribution in [-0.2, 0) is 22.5 Å². The lowest BCUT2D eigenvalue weighted by atomic mass is 10.0. The molecule has 0 aliphatic carbocycles. The number of rotatable bonds is 10. The first-order valence-corrected chi connectivity index (χ1v) is 10.3. The summed E-state index contributed by atoms with van der Waals surface area (Å²) in [5.41, 5.74) is 1.80. The maximum Gasteiger partial charge on any atom is 0.333 e. The Morgan fingerprint density at radius 3 is 2.47 bits per heavy atom. The quantitative estimate of drug-likeness (QED) is 0.542. The summed E-state index contributed by atoms with van der Waals surface area (Å²) in [6.07, 6.45) is -0.973. The van der Waals surface area contributed by atoms with Crippen molar-refractivity contribution in [2.45, 2.75) is 45.9 Å². The molecule has 0 aliphatic rings. The zero-order chi connectivity index (χ0) is 22.3. The molecule has 0 saturated carbocycles. The zero-order valence-corrected chi connectivity index (χ0v) is 18.6. The molecule has 0 fully saturated rings. The predicted molar refractivity (Wildman–Crippen MR) is 117 cm³/mol. The lowest BCUT2D eigenvalue weighted by molar-refractivity contribution is -0.153. The van der Waals surface area contributed by atoms with E-state index in [2.05, 4.69) is 5.32 Å². The van der Waals surface area contributed by atoms with Crippen molar-refractivity contribution in [3.63, 3.8) is 0 Å². The molecule has 2 rings (SSSR count). The van der Waals surface area contributed by atoms with Crippen LogP contribution in [0.4, 0.5) is 0 Å². The number of carbonyl (C=O) groups is 2. The van der Waals surface area contributed by atoms with Gasteiger partial charge in [0.25, 0.3) is 5.91 Å². The Bertz CT molecular complexity index is 901. The van der Waals surface area contributed by atoms with Crippen molar-refractivity contribution in [2.24, 2.45) is 0 Å². The number of carboxylic acids is 1. The molecule has 0 spiro atoms. The average Bonchev–Trinajstić information content (AvgIpc) is 2.67. The summed E-state index contributed by atoms with van der Waals surface area (Å²) in [5.74, 6) is -0.763. The van der Waals surface area contributed by atoms with E-state index in [-0.39, 0.29) is 30.0 Å². The van der Waals surface area contributed by atoms with Crippen molar-refractivity contribution in [1.29, 1.82) is 0 Å². The van der Waals surface area contributed by atoms with Gasteiger partial charge in [-0.3, -0.25) is 4.79 Å². The second-order valence-corrected chi connectivity index (χ2v) is 7.74. The lowest BCUT2D eigenvalue weighted by Crippen LogP contribution is -2.29. The van der Waals surface area contributed by atoms with Crippen molar-refractivity contribution in [2.75, 3.05) is 6.61 Å². The van der Waals surface area contributed by atoms with Crippen LogP contribution in [0.2, 0.25) is 10.0 Å². The zero-order valence-electron chi connectivity index (χ0n) is 17.1. The fraction of sp³-hybridized carbons (Fsp3) is 0.364. The number of ether oxygens (including phenoxy) is 2. The first-order chi connectivity index (χ1) is 14.2. The Hall–Kier alpha value is -2.28. The largest absolute Gasteiger partial charge is 0.494 e. The first-order valence-electron chi connectivity index (χ1n) is 9.57. The molecular weight excluding hydrogens is 429 g/mol. The van der Waals surface area contributed by atoms with Crippen LogP contribution in [0.1, 0.15) is 42.3 Å². The van der Waals surface area contributed by atoms with Gasteiger partial charge in [-0.1, -0.05) is 35.3 Å². The van der Waals surface area contributed by atoms with E-state index < -0.39 is 12.1 Å². The minimum Gasteiger partial charge on any atom is -0.494 e. The fourth-order valence-electron chi connectivity index (χ4n) is 2.87. The second kappa shape index (κ2) is 11.2. The predicted octanol–water partition coefficient (Wildman–Crippen LogP) is 4.74. The normalized spacial score (nSPS) is 11.9. The van der Waals surface area contributed by atoms with Gasteiger partial charge in [0, 0.05) is 23.6 Å². The Kier molecular flexibility index (Phi) is 8.96. The molecule has 0 heterocycles. The summed E-state index contributed by atoms with van der Waals surface area (Å²) in [7, 11) is 0. The van der Waals surface area contributed by atoms with Crippen LogP contribution >= 0.6 is 23.2 Å². The van der Waals surface area contributed by atoms with E-state index in [1.165, 1.54) is 6.07 Å². The molecule has 0 bridgehead atoms. The van der Waals surface area contributed by atoms with E-state index in [0.29, 0.717) is 22.9 Å². The van der Waals surface area contributed by atoms with Crippen molar-refractivity contribution in [3.8, 4) is 5.75 Å². The first kappa shape index (κ1) is 24.0. The highest BCUT2D eigenvalue weighted by Crippen LogP contribution is 2.24. The lowest BCUT2D eigenvalue weighted by Gasteiger charge is -2.18. The number of hydrogen-bond donors (Lipinski definition) is 2. The number of amides is 1. The Labute approximate surface area is 186 Å². The molecule has 1 amide bonds. The molecule has 2 N–H and O–H groups in total. The van der Waals surface area contributed by atoms with Gasteiger partial charge < -0.3 is 19.9 Å². The minimum absolute atomic E-state index is 0.184. The van der Waals surface area contributed by atoms with Crippen LogP contribution < -0.4 is 10.1 Å². The van der Waals surface area contributed by atoms with Gasteiger partial charge in [-0.2, -0.15) is 0 Å².